The van der Waals surface area contributed by atoms with E-state index >= 15 is 0 Å². The zero-order valence-electron chi connectivity index (χ0n) is 15.3. The van der Waals surface area contributed by atoms with E-state index in [0.29, 0.717) is 26.3 Å². The largest absolute Gasteiger partial charge is 0.507 e. The number of benzene rings is 2. The number of phenolic OH excluding ortho intramolecular Hbond substituents is 4. The van der Waals surface area contributed by atoms with E-state index in [2.05, 4.69) is 0 Å². The highest BCUT2D eigenvalue weighted by Crippen LogP contribution is 2.40. The molecule has 2 heterocycles. The van der Waals surface area contributed by atoms with E-state index in [1.165, 1.54) is 12.1 Å². The molecular formula is C20H19NO8. The van der Waals surface area contributed by atoms with Crippen LogP contribution in [-0.4, -0.2) is 56.7 Å². The summed E-state index contributed by atoms with van der Waals surface area (Å²) in [4.78, 5) is 14.7. The van der Waals surface area contributed by atoms with Crippen LogP contribution < -0.4 is 5.43 Å². The Kier molecular flexibility index (Phi) is 4.69. The van der Waals surface area contributed by atoms with Crippen LogP contribution in [0.1, 0.15) is 5.56 Å². The molecule has 1 saturated heterocycles. The van der Waals surface area contributed by atoms with Crippen molar-refractivity contribution in [3.63, 3.8) is 0 Å². The maximum absolute atomic E-state index is 12.8. The third-order valence-corrected chi connectivity index (χ3v) is 4.92. The summed E-state index contributed by atoms with van der Waals surface area (Å²) in [6.45, 7) is 2.52. The van der Waals surface area contributed by atoms with Crippen molar-refractivity contribution in [2.75, 3.05) is 26.3 Å². The standard InChI is InChI=1S/C20H19NO8/c22-12-2-1-10(7-14(12)24)19-18(27)17(26)16-15(25)8-13(23)11(20(16)29-19)9-21-3-5-28-6-4-21/h1-2,7-8,22-25,27H,3-6,9H2. The molecule has 0 spiro atoms. The van der Waals surface area contributed by atoms with Gasteiger partial charge < -0.3 is 34.7 Å². The number of ether oxygens (including phenoxy) is 1. The number of nitrogens with zero attached hydrogens (tertiary/aromatic N) is 1. The van der Waals surface area contributed by atoms with Crippen molar-refractivity contribution in [2.45, 2.75) is 6.54 Å². The van der Waals surface area contributed by atoms with Crippen molar-refractivity contribution < 1.29 is 34.7 Å². The van der Waals surface area contributed by atoms with E-state index in [1.807, 2.05) is 4.90 Å². The SMILES string of the molecule is O=c1c(O)c(-c2ccc(O)c(O)c2)oc2c(CN3CCOCC3)c(O)cc(O)c12. The molecule has 0 unspecified atom stereocenters. The summed E-state index contributed by atoms with van der Waals surface area (Å²) in [7, 11) is 0. The summed E-state index contributed by atoms with van der Waals surface area (Å²) in [5.41, 5.74) is -0.535. The van der Waals surface area contributed by atoms with Gasteiger partial charge in [-0.25, -0.2) is 0 Å². The Morgan fingerprint density at radius 3 is 2.31 bits per heavy atom. The van der Waals surface area contributed by atoms with Crippen molar-refractivity contribution in [1.82, 2.24) is 4.90 Å². The van der Waals surface area contributed by atoms with Gasteiger partial charge in [-0.3, -0.25) is 9.69 Å². The molecule has 3 aromatic rings. The first-order chi connectivity index (χ1) is 13.9. The summed E-state index contributed by atoms with van der Waals surface area (Å²) < 4.78 is 11.1. The van der Waals surface area contributed by atoms with Crippen LogP contribution >= 0.6 is 0 Å². The Labute approximate surface area is 164 Å². The highest BCUT2D eigenvalue weighted by Gasteiger charge is 2.24. The number of hydrogen-bond donors (Lipinski definition) is 5. The fourth-order valence-electron chi connectivity index (χ4n) is 3.37. The summed E-state index contributed by atoms with van der Waals surface area (Å²) in [5, 5.41) is 50.0. The summed E-state index contributed by atoms with van der Waals surface area (Å²) in [6.07, 6.45) is 0. The molecule has 152 valence electrons. The van der Waals surface area contributed by atoms with Crippen molar-refractivity contribution in [2.24, 2.45) is 0 Å². The van der Waals surface area contributed by atoms with Crippen LogP contribution in [0.4, 0.5) is 0 Å². The minimum atomic E-state index is -0.880. The first-order valence-corrected chi connectivity index (χ1v) is 8.93. The van der Waals surface area contributed by atoms with Crippen LogP contribution in [0.2, 0.25) is 0 Å². The fraction of sp³-hybridized carbons (Fsp3) is 0.250. The highest BCUT2D eigenvalue weighted by atomic mass is 16.5. The maximum Gasteiger partial charge on any atom is 0.238 e. The lowest BCUT2D eigenvalue weighted by atomic mass is 10.0. The Morgan fingerprint density at radius 1 is 0.897 bits per heavy atom. The van der Waals surface area contributed by atoms with Crippen LogP contribution in [0.25, 0.3) is 22.3 Å². The van der Waals surface area contributed by atoms with Gasteiger partial charge in [-0.2, -0.15) is 0 Å². The zero-order valence-corrected chi connectivity index (χ0v) is 15.3. The molecule has 0 saturated carbocycles. The molecule has 5 N–H and O–H groups in total. The first kappa shape index (κ1) is 18.9. The average Bonchev–Trinajstić information content (AvgIpc) is 2.70. The molecule has 1 fully saturated rings. The topological polar surface area (TPSA) is 144 Å². The lowest BCUT2D eigenvalue weighted by Gasteiger charge is -2.27. The van der Waals surface area contributed by atoms with Gasteiger partial charge in [-0.05, 0) is 18.2 Å². The van der Waals surface area contributed by atoms with Gasteiger partial charge in [-0.1, -0.05) is 0 Å². The normalized spacial score (nSPS) is 15.0. The molecule has 1 aliphatic rings. The molecule has 29 heavy (non-hydrogen) atoms. The average molecular weight is 401 g/mol. The molecule has 0 amide bonds. The van der Waals surface area contributed by atoms with Gasteiger partial charge in [-0.15, -0.1) is 0 Å². The van der Waals surface area contributed by atoms with Crippen LogP contribution in [0.15, 0.2) is 33.5 Å². The Hall–Kier alpha value is -3.43. The Morgan fingerprint density at radius 2 is 1.62 bits per heavy atom. The molecular weight excluding hydrogens is 382 g/mol. The number of hydrogen-bond acceptors (Lipinski definition) is 9. The fourth-order valence-corrected chi connectivity index (χ4v) is 3.37. The number of rotatable bonds is 3. The van der Waals surface area contributed by atoms with E-state index in [-0.39, 0.29) is 45.9 Å². The molecule has 0 aliphatic carbocycles. The molecule has 1 aliphatic heterocycles. The first-order valence-electron chi connectivity index (χ1n) is 8.93. The van der Waals surface area contributed by atoms with E-state index in [4.69, 9.17) is 9.15 Å². The van der Waals surface area contributed by atoms with Crippen LogP contribution in [0, 0.1) is 0 Å². The Bertz CT molecular complexity index is 1150. The van der Waals surface area contributed by atoms with Gasteiger partial charge in [0.1, 0.15) is 16.9 Å². The van der Waals surface area contributed by atoms with Crippen LogP contribution in [0.3, 0.4) is 0 Å². The quantitative estimate of drug-likeness (QED) is 0.415. The minimum Gasteiger partial charge on any atom is -0.507 e. The van der Waals surface area contributed by atoms with Gasteiger partial charge >= 0.3 is 0 Å². The van der Waals surface area contributed by atoms with E-state index < -0.39 is 22.7 Å². The summed E-state index contributed by atoms with van der Waals surface area (Å²) in [6, 6.07) is 4.70. The second-order valence-corrected chi connectivity index (χ2v) is 6.80. The summed E-state index contributed by atoms with van der Waals surface area (Å²) >= 11 is 0. The Balaban J connectivity index is 1.95. The van der Waals surface area contributed by atoms with Crippen LogP contribution in [-0.2, 0) is 11.3 Å². The van der Waals surface area contributed by atoms with Gasteiger partial charge in [0.15, 0.2) is 22.8 Å². The molecule has 9 heteroatoms. The molecule has 1 aromatic heterocycles. The molecule has 0 radical (unpaired) electrons. The molecule has 0 bridgehead atoms. The van der Waals surface area contributed by atoms with Crippen molar-refractivity contribution in [1.29, 1.82) is 0 Å². The molecule has 4 rings (SSSR count). The van der Waals surface area contributed by atoms with Crippen molar-refractivity contribution in [3.8, 4) is 40.1 Å². The third kappa shape index (κ3) is 3.30. The third-order valence-electron chi connectivity index (χ3n) is 4.92. The number of aromatic hydroxyl groups is 5. The maximum atomic E-state index is 12.8. The predicted octanol–water partition coefficient (Wildman–Crippen LogP) is 1.82. The summed E-state index contributed by atoms with van der Waals surface area (Å²) in [5.74, 6) is -2.63. The number of fused-ring (bicyclic) bond motifs is 1. The molecule has 2 aromatic carbocycles. The van der Waals surface area contributed by atoms with Gasteiger partial charge in [0.05, 0.1) is 18.8 Å². The van der Waals surface area contributed by atoms with Gasteiger partial charge in [0.2, 0.25) is 11.2 Å². The minimum absolute atomic E-state index is 0.0700. The smallest absolute Gasteiger partial charge is 0.238 e. The van der Waals surface area contributed by atoms with Gasteiger partial charge in [0, 0.05) is 31.3 Å². The predicted molar refractivity (Wildman–Crippen MR) is 102 cm³/mol. The number of morpholine rings is 1. The van der Waals surface area contributed by atoms with Gasteiger partial charge in [0.25, 0.3) is 0 Å². The number of phenols is 4. The van der Waals surface area contributed by atoms with Crippen LogP contribution in [0.5, 0.6) is 28.7 Å². The van der Waals surface area contributed by atoms with Crippen molar-refractivity contribution in [3.05, 3.63) is 40.1 Å². The lowest BCUT2D eigenvalue weighted by Crippen LogP contribution is -2.35. The highest BCUT2D eigenvalue weighted by molar-refractivity contribution is 5.91. The van der Waals surface area contributed by atoms with E-state index in [0.717, 1.165) is 12.1 Å². The van der Waals surface area contributed by atoms with E-state index in [9.17, 15) is 30.3 Å². The second-order valence-electron chi connectivity index (χ2n) is 6.80. The second kappa shape index (κ2) is 7.19. The zero-order chi connectivity index (χ0) is 20.7. The van der Waals surface area contributed by atoms with Crippen molar-refractivity contribution >= 4 is 11.0 Å². The molecule has 0 atom stereocenters. The lowest BCUT2D eigenvalue weighted by molar-refractivity contribution is 0.0339. The monoisotopic (exact) mass is 401 g/mol. The van der Waals surface area contributed by atoms with E-state index in [1.54, 1.807) is 0 Å². The molecule has 9 nitrogen and oxygen atoms in total.